The minimum Gasteiger partial charge on any atom is -0.494 e. The molecule has 0 radical (unpaired) electrons. The van der Waals surface area contributed by atoms with E-state index in [4.69, 9.17) is 4.74 Å². The molecule has 1 N–H and O–H groups in total. The Labute approximate surface area is 186 Å². The van der Waals surface area contributed by atoms with Crippen LogP contribution in [0, 0.1) is 13.8 Å². The Kier molecular flexibility index (Phi) is 8.51. The minimum absolute atomic E-state index is 0.192. The van der Waals surface area contributed by atoms with Gasteiger partial charge in [-0.25, -0.2) is 8.42 Å². The van der Waals surface area contributed by atoms with E-state index in [1.54, 1.807) is 24.3 Å². The molecule has 0 bridgehead atoms. The molecule has 2 atom stereocenters. The number of aryl methyl sites for hydroxylation is 2. The molecule has 0 aromatic heterocycles. The number of nitrogens with one attached hydrogen (secondary N) is 1. The van der Waals surface area contributed by atoms with Crippen LogP contribution < -0.4 is 14.4 Å². The fourth-order valence-electron chi connectivity index (χ4n) is 3.59. The van der Waals surface area contributed by atoms with E-state index in [-0.39, 0.29) is 11.9 Å². The Morgan fingerprint density at radius 3 is 2.13 bits per heavy atom. The third kappa shape index (κ3) is 6.23. The molecule has 0 aliphatic heterocycles. The zero-order chi connectivity index (χ0) is 23.2. The Balaban J connectivity index is 2.33. The van der Waals surface area contributed by atoms with Gasteiger partial charge in [0.1, 0.15) is 11.8 Å². The van der Waals surface area contributed by atoms with Crippen LogP contribution in [0.5, 0.6) is 5.75 Å². The highest BCUT2D eigenvalue weighted by atomic mass is 32.2. The van der Waals surface area contributed by atoms with Crippen molar-refractivity contribution in [2.24, 2.45) is 0 Å². The highest BCUT2D eigenvalue weighted by Gasteiger charge is 2.32. The van der Waals surface area contributed by atoms with E-state index in [0.717, 1.165) is 17.4 Å². The molecule has 0 fully saturated rings. The molecule has 0 saturated heterocycles. The largest absolute Gasteiger partial charge is 0.494 e. The third-order valence-corrected chi connectivity index (χ3v) is 6.57. The summed E-state index contributed by atoms with van der Waals surface area (Å²) in [4.78, 5) is 13.3. The number of anilines is 1. The van der Waals surface area contributed by atoms with Gasteiger partial charge in [-0.05, 0) is 74.6 Å². The summed E-state index contributed by atoms with van der Waals surface area (Å²) in [5, 5.41) is 3.06. The number of ether oxygens (including phenoxy) is 1. The van der Waals surface area contributed by atoms with Crippen LogP contribution in [0.25, 0.3) is 0 Å². The number of sulfonamides is 1. The van der Waals surface area contributed by atoms with Crippen molar-refractivity contribution in [3.8, 4) is 5.75 Å². The molecule has 170 valence electrons. The quantitative estimate of drug-likeness (QED) is 0.582. The van der Waals surface area contributed by atoms with Gasteiger partial charge in [-0.3, -0.25) is 9.10 Å². The first-order valence-corrected chi connectivity index (χ1v) is 12.6. The number of carbonyl (C=O) groups is 1. The molecule has 0 spiro atoms. The van der Waals surface area contributed by atoms with E-state index >= 15 is 0 Å². The molecule has 2 aromatic rings. The van der Waals surface area contributed by atoms with Crippen LogP contribution in [-0.4, -0.2) is 33.2 Å². The van der Waals surface area contributed by atoms with Crippen LogP contribution in [-0.2, 0) is 14.8 Å². The van der Waals surface area contributed by atoms with Crippen molar-refractivity contribution in [3.05, 3.63) is 59.2 Å². The van der Waals surface area contributed by atoms with Gasteiger partial charge in [0.25, 0.3) is 0 Å². The molecule has 0 heterocycles. The Bertz CT molecular complexity index is 987. The highest BCUT2D eigenvalue weighted by molar-refractivity contribution is 7.92. The molecule has 6 nitrogen and oxygen atoms in total. The van der Waals surface area contributed by atoms with E-state index in [1.165, 1.54) is 9.87 Å². The van der Waals surface area contributed by atoms with Gasteiger partial charge in [0.2, 0.25) is 15.9 Å². The fraction of sp³-hybridized carbons (Fsp3) is 0.458. The van der Waals surface area contributed by atoms with E-state index in [9.17, 15) is 13.2 Å². The predicted molar refractivity (Wildman–Crippen MR) is 126 cm³/mol. The van der Waals surface area contributed by atoms with Crippen molar-refractivity contribution in [2.45, 2.75) is 59.5 Å². The SMILES string of the molecule is CCOc1ccc(N([C@H](CC)C(=O)N[C@@H](CC)c2ccc(C)c(C)c2)S(C)(=O)=O)cc1. The van der Waals surface area contributed by atoms with Crippen molar-refractivity contribution in [3.63, 3.8) is 0 Å². The number of rotatable bonds is 10. The smallest absolute Gasteiger partial charge is 0.244 e. The van der Waals surface area contributed by atoms with Crippen molar-refractivity contribution in [1.82, 2.24) is 5.32 Å². The average Bonchev–Trinajstić information content (AvgIpc) is 2.72. The third-order valence-electron chi connectivity index (χ3n) is 5.39. The number of hydrogen-bond donors (Lipinski definition) is 1. The molecule has 0 unspecified atom stereocenters. The monoisotopic (exact) mass is 446 g/mol. The molecule has 7 heteroatoms. The number of benzene rings is 2. The lowest BCUT2D eigenvalue weighted by atomic mass is 9.99. The zero-order valence-electron chi connectivity index (χ0n) is 19.3. The standard InChI is InChI=1S/C24H34N2O4S/c1-7-22(19-11-10-17(4)18(5)16-19)25-24(27)23(8-2)26(31(6,28)29)20-12-14-21(15-13-20)30-9-3/h10-16,22-23H,7-9H2,1-6H3,(H,25,27)/t22-,23+/m0/s1. The number of nitrogens with zero attached hydrogens (tertiary/aromatic N) is 1. The molecule has 0 saturated carbocycles. The summed E-state index contributed by atoms with van der Waals surface area (Å²) in [6.07, 6.45) is 2.17. The van der Waals surface area contributed by atoms with E-state index < -0.39 is 16.1 Å². The number of amides is 1. The van der Waals surface area contributed by atoms with Crippen LogP contribution in [0.2, 0.25) is 0 Å². The van der Waals surface area contributed by atoms with Crippen molar-refractivity contribution in [1.29, 1.82) is 0 Å². The first kappa shape index (κ1) is 24.7. The van der Waals surface area contributed by atoms with Crippen molar-refractivity contribution < 1.29 is 17.9 Å². The molecule has 2 aromatic carbocycles. The van der Waals surface area contributed by atoms with Gasteiger partial charge in [0, 0.05) is 0 Å². The van der Waals surface area contributed by atoms with Gasteiger partial charge in [-0.2, -0.15) is 0 Å². The topological polar surface area (TPSA) is 75.7 Å². The lowest BCUT2D eigenvalue weighted by molar-refractivity contribution is -0.123. The molecular weight excluding hydrogens is 412 g/mol. The molecule has 31 heavy (non-hydrogen) atoms. The minimum atomic E-state index is -3.69. The molecule has 2 rings (SSSR count). The zero-order valence-corrected chi connectivity index (χ0v) is 20.1. The maximum Gasteiger partial charge on any atom is 0.244 e. The summed E-state index contributed by atoms with van der Waals surface area (Å²) < 4.78 is 32.0. The second-order valence-corrected chi connectivity index (χ2v) is 9.58. The van der Waals surface area contributed by atoms with Crippen LogP contribution in [0.15, 0.2) is 42.5 Å². The Morgan fingerprint density at radius 1 is 1.00 bits per heavy atom. The number of hydrogen-bond acceptors (Lipinski definition) is 4. The van der Waals surface area contributed by atoms with Crippen molar-refractivity contribution in [2.75, 3.05) is 17.2 Å². The van der Waals surface area contributed by atoms with E-state index in [2.05, 4.69) is 11.4 Å². The van der Waals surface area contributed by atoms with Gasteiger partial charge in [-0.15, -0.1) is 0 Å². The molecule has 0 aliphatic carbocycles. The van der Waals surface area contributed by atoms with Gasteiger partial charge >= 0.3 is 0 Å². The second-order valence-electron chi connectivity index (χ2n) is 7.72. The van der Waals surface area contributed by atoms with Crippen LogP contribution in [0.3, 0.4) is 0 Å². The first-order valence-electron chi connectivity index (χ1n) is 10.7. The maximum atomic E-state index is 13.3. The predicted octanol–water partition coefficient (Wildman–Crippen LogP) is 4.51. The summed E-state index contributed by atoms with van der Waals surface area (Å²) in [7, 11) is -3.69. The van der Waals surface area contributed by atoms with Gasteiger partial charge in [0.15, 0.2) is 0 Å². The van der Waals surface area contributed by atoms with Crippen molar-refractivity contribution >= 4 is 21.6 Å². The van der Waals surface area contributed by atoms with Crippen LogP contribution in [0.1, 0.15) is 56.3 Å². The van der Waals surface area contributed by atoms with Gasteiger partial charge < -0.3 is 10.1 Å². The summed E-state index contributed by atoms with van der Waals surface area (Å²) in [6, 6.07) is 11.8. The van der Waals surface area contributed by atoms with Crippen LogP contribution in [0.4, 0.5) is 5.69 Å². The average molecular weight is 447 g/mol. The maximum absolute atomic E-state index is 13.3. The Hall–Kier alpha value is -2.54. The molecule has 1 amide bonds. The lowest BCUT2D eigenvalue weighted by Gasteiger charge is -2.31. The van der Waals surface area contributed by atoms with E-state index in [0.29, 0.717) is 30.9 Å². The van der Waals surface area contributed by atoms with Crippen LogP contribution >= 0.6 is 0 Å². The highest BCUT2D eigenvalue weighted by Crippen LogP contribution is 2.26. The summed E-state index contributed by atoms with van der Waals surface area (Å²) >= 11 is 0. The summed E-state index contributed by atoms with van der Waals surface area (Å²) in [6.45, 7) is 10.3. The normalized spacial score (nSPS) is 13.4. The summed E-state index contributed by atoms with van der Waals surface area (Å²) in [5.74, 6) is 0.338. The molecule has 0 aliphatic rings. The van der Waals surface area contributed by atoms with Gasteiger partial charge in [0.05, 0.1) is 24.6 Å². The second kappa shape index (κ2) is 10.7. The lowest BCUT2D eigenvalue weighted by Crippen LogP contribution is -2.50. The number of carbonyl (C=O) groups excluding carboxylic acids is 1. The molecular formula is C24H34N2O4S. The van der Waals surface area contributed by atoms with E-state index in [1.807, 2.05) is 46.8 Å². The fourth-order valence-corrected chi connectivity index (χ4v) is 4.80. The first-order chi connectivity index (χ1) is 14.6. The Morgan fingerprint density at radius 2 is 1.65 bits per heavy atom. The summed E-state index contributed by atoms with van der Waals surface area (Å²) in [5.41, 5.74) is 3.80. The van der Waals surface area contributed by atoms with Gasteiger partial charge in [-0.1, -0.05) is 32.0 Å².